The molecule has 1 unspecified atom stereocenters. The quantitative estimate of drug-likeness (QED) is 0.0744. The Morgan fingerprint density at radius 3 is 1.93 bits per heavy atom. The summed E-state index contributed by atoms with van der Waals surface area (Å²) in [7, 11) is 0. The van der Waals surface area contributed by atoms with E-state index in [1.165, 1.54) is 150 Å². The largest absolute Gasteiger partial charge is 0.340 e. The van der Waals surface area contributed by atoms with E-state index < -0.39 is 0 Å². The Hall–Kier alpha value is -1.62. The van der Waals surface area contributed by atoms with Gasteiger partial charge in [0.1, 0.15) is 0 Å². The Kier molecular flexibility index (Phi) is 13.3. The van der Waals surface area contributed by atoms with Gasteiger partial charge in [-0.1, -0.05) is 166 Å². The molecule has 44 heavy (non-hydrogen) atoms. The Morgan fingerprint density at radius 2 is 1.27 bits per heavy atom. The van der Waals surface area contributed by atoms with Crippen LogP contribution >= 0.6 is 43.2 Å². The lowest BCUT2D eigenvalue weighted by atomic mass is 9.93. The number of thiophene rings is 1. The molecule has 0 bridgehead atoms. The standard InChI is InChI=1S/C40H51Br2NS/c1-3-5-7-9-11-12-14-16-20-30(19-15-13-10-8-6-4-2)29-43-36-28-32(41)23-24-33(36)34-25-26-35(42)39(40(34)43)38-27-31-21-17-18-22-37(31)44-38/h17-18,21-28,30H,3-16,19-20,29H2,1-2H3. The normalized spacial score (nSPS) is 12.6. The maximum Gasteiger partial charge on any atom is 0.0590 e. The van der Waals surface area contributed by atoms with E-state index in [0.29, 0.717) is 5.92 Å². The zero-order valence-electron chi connectivity index (χ0n) is 27.0. The van der Waals surface area contributed by atoms with Gasteiger partial charge in [-0.3, -0.25) is 0 Å². The molecule has 0 fully saturated rings. The van der Waals surface area contributed by atoms with Gasteiger partial charge in [-0.25, -0.2) is 0 Å². The number of fused-ring (bicyclic) bond motifs is 4. The minimum absolute atomic E-state index is 0.702. The molecule has 0 radical (unpaired) electrons. The van der Waals surface area contributed by atoms with Crippen LogP contribution in [0.1, 0.15) is 117 Å². The van der Waals surface area contributed by atoms with Gasteiger partial charge in [-0.15, -0.1) is 11.3 Å². The van der Waals surface area contributed by atoms with Crippen molar-refractivity contribution in [2.75, 3.05) is 0 Å². The highest BCUT2D eigenvalue weighted by atomic mass is 79.9. The summed E-state index contributed by atoms with van der Waals surface area (Å²) in [5, 5.41) is 4.06. The highest BCUT2D eigenvalue weighted by molar-refractivity contribution is 9.10. The van der Waals surface area contributed by atoms with Crippen molar-refractivity contribution in [3.05, 3.63) is 69.6 Å². The van der Waals surface area contributed by atoms with Crippen LogP contribution in [-0.2, 0) is 6.54 Å². The Bertz CT molecular complexity index is 1580. The number of hydrogen-bond donors (Lipinski definition) is 0. The van der Waals surface area contributed by atoms with Gasteiger partial charge in [0.05, 0.1) is 11.0 Å². The van der Waals surface area contributed by atoms with Gasteiger partial charge in [0.25, 0.3) is 0 Å². The molecule has 1 atom stereocenters. The van der Waals surface area contributed by atoms with Crippen LogP contribution in [0.3, 0.4) is 0 Å². The number of halogens is 2. The molecule has 236 valence electrons. The molecule has 2 heterocycles. The predicted octanol–water partition coefficient (Wildman–Crippen LogP) is 15.1. The number of unbranched alkanes of at least 4 members (excludes halogenated alkanes) is 12. The molecule has 4 heteroatoms. The van der Waals surface area contributed by atoms with Crippen molar-refractivity contribution in [1.82, 2.24) is 4.57 Å². The maximum atomic E-state index is 4.02. The molecule has 1 nitrogen and oxygen atoms in total. The van der Waals surface area contributed by atoms with Crippen molar-refractivity contribution in [3.63, 3.8) is 0 Å². The lowest BCUT2D eigenvalue weighted by Crippen LogP contribution is -2.12. The fourth-order valence-electron chi connectivity index (χ4n) is 7.04. The predicted molar refractivity (Wildman–Crippen MR) is 204 cm³/mol. The first kappa shape index (κ1) is 33.7. The second kappa shape index (κ2) is 17.3. The second-order valence-electron chi connectivity index (χ2n) is 12.9. The molecule has 0 N–H and O–H groups in total. The van der Waals surface area contributed by atoms with Crippen molar-refractivity contribution >= 4 is 75.1 Å². The average Bonchev–Trinajstić information content (AvgIpc) is 3.58. The summed E-state index contributed by atoms with van der Waals surface area (Å²) in [5.41, 5.74) is 4.10. The van der Waals surface area contributed by atoms with Crippen LogP contribution in [0.5, 0.6) is 0 Å². The lowest BCUT2D eigenvalue weighted by molar-refractivity contribution is 0.364. The van der Waals surface area contributed by atoms with E-state index >= 15 is 0 Å². The minimum atomic E-state index is 0.702. The van der Waals surface area contributed by atoms with Gasteiger partial charge < -0.3 is 4.57 Å². The minimum Gasteiger partial charge on any atom is -0.340 e. The molecule has 5 rings (SSSR count). The van der Waals surface area contributed by atoms with Crippen molar-refractivity contribution in [2.45, 2.75) is 123 Å². The molecular weight excluding hydrogens is 686 g/mol. The zero-order chi connectivity index (χ0) is 30.7. The fourth-order valence-corrected chi connectivity index (χ4v) is 9.17. The summed E-state index contributed by atoms with van der Waals surface area (Å²) in [5.74, 6) is 0.702. The SMILES string of the molecule is CCCCCCCCCCC(CCCCCCCC)Cn1c2cc(Br)ccc2c2ccc(Br)c(-c3cc4ccccc4s3)c21. The maximum absolute atomic E-state index is 4.02. The van der Waals surface area contributed by atoms with E-state index in [1.807, 2.05) is 11.3 Å². The Balaban J connectivity index is 1.46. The molecule has 0 spiro atoms. The van der Waals surface area contributed by atoms with E-state index in [2.05, 4.69) is 111 Å². The van der Waals surface area contributed by atoms with Crippen LogP contribution in [0.2, 0.25) is 0 Å². The van der Waals surface area contributed by atoms with Gasteiger partial charge in [-0.2, -0.15) is 0 Å². The topological polar surface area (TPSA) is 4.93 Å². The van der Waals surface area contributed by atoms with Crippen molar-refractivity contribution in [2.24, 2.45) is 5.92 Å². The number of aromatic nitrogens is 1. The smallest absolute Gasteiger partial charge is 0.0590 e. The lowest BCUT2D eigenvalue weighted by Gasteiger charge is -2.21. The molecule has 5 aromatic rings. The second-order valence-corrected chi connectivity index (χ2v) is 15.8. The van der Waals surface area contributed by atoms with E-state index in [1.54, 1.807) is 0 Å². The number of nitrogens with zero attached hydrogens (tertiary/aromatic N) is 1. The molecular formula is C40H51Br2NS. The summed E-state index contributed by atoms with van der Waals surface area (Å²) in [4.78, 5) is 1.35. The molecule has 0 aliphatic rings. The van der Waals surface area contributed by atoms with E-state index in [-0.39, 0.29) is 0 Å². The van der Waals surface area contributed by atoms with Crippen molar-refractivity contribution < 1.29 is 0 Å². The monoisotopic (exact) mass is 735 g/mol. The van der Waals surface area contributed by atoms with Crippen LogP contribution in [0.4, 0.5) is 0 Å². The summed E-state index contributed by atoms with van der Waals surface area (Å²) >= 11 is 9.76. The molecule has 0 aliphatic heterocycles. The van der Waals surface area contributed by atoms with E-state index in [0.717, 1.165) is 11.0 Å². The molecule has 2 aromatic heterocycles. The molecule has 0 amide bonds. The fraction of sp³-hybridized carbons (Fsp3) is 0.500. The first-order valence-electron chi connectivity index (χ1n) is 17.5. The van der Waals surface area contributed by atoms with Gasteiger partial charge >= 0.3 is 0 Å². The third kappa shape index (κ3) is 8.59. The van der Waals surface area contributed by atoms with E-state index in [4.69, 9.17) is 0 Å². The van der Waals surface area contributed by atoms with E-state index in [9.17, 15) is 0 Å². The molecule has 0 aliphatic carbocycles. The third-order valence-electron chi connectivity index (χ3n) is 9.48. The van der Waals surface area contributed by atoms with Crippen LogP contribution in [-0.4, -0.2) is 4.57 Å². The van der Waals surface area contributed by atoms with Crippen LogP contribution in [0.25, 0.3) is 42.3 Å². The van der Waals surface area contributed by atoms with Gasteiger partial charge in [0.2, 0.25) is 0 Å². The number of benzene rings is 3. The summed E-state index contributed by atoms with van der Waals surface area (Å²) < 4.78 is 6.40. The van der Waals surface area contributed by atoms with Gasteiger partial charge in [-0.05, 0) is 54.5 Å². The summed E-state index contributed by atoms with van der Waals surface area (Å²) in [6.07, 6.45) is 22.0. The zero-order valence-corrected chi connectivity index (χ0v) is 31.0. The summed E-state index contributed by atoms with van der Waals surface area (Å²) in [6.45, 7) is 5.72. The number of rotatable bonds is 19. The van der Waals surface area contributed by atoms with Gasteiger partial charge in [0.15, 0.2) is 0 Å². The highest BCUT2D eigenvalue weighted by Crippen LogP contribution is 2.45. The molecule has 0 saturated heterocycles. The highest BCUT2D eigenvalue weighted by Gasteiger charge is 2.21. The molecule has 3 aromatic carbocycles. The Labute approximate surface area is 287 Å². The Morgan fingerprint density at radius 1 is 0.659 bits per heavy atom. The molecule has 0 saturated carbocycles. The van der Waals surface area contributed by atoms with Crippen LogP contribution in [0, 0.1) is 5.92 Å². The van der Waals surface area contributed by atoms with Gasteiger partial charge in [0, 0.05) is 41.4 Å². The van der Waals surface area contributed by atoms with Crippen molar-refractivity contribution in [3.8, 4) is 10.4 Å². The van der Waals surface area contributed by atoms with Crippen molar-refractivity contribution in [1.29, 1.82) is 0 Å². The average molecular weight is 738 g/mol. The first-order chi connectivity index (χ1) is 21.6. The third-order valence-corrected chi connectivity index (χ3v) is 11.8. The van der Waals surface area contributed by atoms with Crippen LogP contribution in [0.15, 0.2) is 69.6 Å². The first-order valence-corrected chi connectivity index (χ1v) is 19.9. The summed E-state index contributed by atoms with van der Waals surface area (Å²) in [6, 6.07) is 22.7. The number of hydrogen-bond acceptors (Lipinski definition) is 1. The van der Waals surface area contributed by atoms with Crippen LogP contribution < -0.4 is 0 Å².